The number of amides is 2. The summed E-state index contributed by atoms with van der Waals surface area (Å²) >= 11 is 0. The molecule has 0 bridgehead atoms. The average Bonchev–Trinajstić information content (AvgIpc) is 2.90. The second-order valence-corrected chi connectivity index (χ2v) is 7.04. The predicted molar refractivity (Wildman–Crippen MR) is 90.6 cm³/mol. The van der Waals surface area contributed by atoms with E-state index in [1.54, 1.807) is 12.1 Å². The third-order valence-corrected chi connectivity index (χ3v) is 4.39. The third-order valence-electron chi connectivity index (χ3n) is 4.39. The van der Waals surface area contributed by atoms with E-state index < -0.39 is 0 Å². The maximum atomic E-state index is 13.2. The topological polar surface area (TPSA) is 59.0 Å². The lowest BCUT2D eigenvalue weighted by Crippen LogP contribution is -2.41. The quantitative estimate of drug-likeness (QED) is 0.907. The fraction of sp³-hybridized carbons (Fsp3) is 0.444. The summed E-state index contributed by atoms with van der Waals surface area (Å²) in [5.74, 6) is -0.268. The Hall–Kier alpha value is -2.37. The van der Waals surface area contributed by atoms with Crippen molar-refractivity contribution in [1.82, 2.24) is 20.4 Å². The number of hydrogen-bond acceptors (Lipinski definition) is 2. The van der Waals surface area contributed by atoms with Gasteiger partial charge in [0, 0.05) is 12.1 Å². The minimum Gasteiger partial charge on any atom is -0.338 e. The zero-order valence-corrected chi connectivity index (χ0v) is 14.3. The summed E-state index contributed by atoms with van der Waals surface area (Å²) in [5, 5.41) is 10.3. The lowest BCUT2D eigenvalue weighted by Gasteiger charge is -2.35. The van der Waals surface area contributed by atoms with Crippen LogP contribution in [0.3, 0.4) is 0 Å². The molecular formula is C18H23FN4O. The minimum absolute atomic E-state index is 0.0367. The molecule has 6 heteroatoms. The highest BCUT2D eigenvalue weighted by molar-refractivity contribution is 5.74. The van der Waals surface area contributed by atoms with Crippen molar-refractivity contribution in [2.75, 3.05) is 6.54 Å². The van der Waals surface area contributed by atoms with Gasteiger partial charge in [-0.15, -0.1) is 0 Å². The van der Waals surface area contributed by atoms with Crippen LogP contribution < -0.4 is 10.6 Å². The molecule has 0 saturated heterocycles. The van der Waals surface area contributed by atoms with Gasteiger partial charge in [0.05, 0.1) is 23.6 Å². The second kappa shape index (κ2) is 6.26. The van der Waals surface area contributed by atoms with E-state index in [0.29, 0.717) is 6.54 Å². The molecule has 1 aliphatic carbocycles. The number of nitrogens with zero attached hydrogens (tertiary/aromatic N) is 2. The number of aromatic nitrogens is 2. The van der Waals surface area contributed by atoms with Crippen LogP contribution in [0.4, 0.5) is 9.18 Å². The third kappa shape index (κ3) is 3.27. The van der Waals surface area contributed by atoms with E-state index in [2.05, 4.69) is 29.6 Å². The zero-order chi connectivity index (χ0) is 17.3. The number of nitrogens with one attached hydrogen (secondary N) is 2. The summed E-state index contributed by atoms with van der Waals surface area (Å²) in [6, 6.07) is 6.06. The molecule has 0 radical (unpaired) electrons. The first-order chi connectivity index (χ1) is 11.4. The summed E-state index contributed by atoms with van der Waals surface area (Å²) < 4.78 is 15.0. The highest BCUT2D eigenvalue weighted by Gasteiger charge is 2.35. The number of rotatable bonds is 3. The standard InChI is InChI=1S/C18H23FN4O/c1-4-20-17(24)22-15-9-18(2,3)10-16-14(15)11-21-23(16)13-7-5-12(19)6-8-13/h5-8,11,15H,4,9-10H2,1-3H3,(H2,20,22,24). The van der Waals surface area contributed by atoms with E-state index in [9.17, 15) is 9.18 Å². The molecule has 0 aliphatic heterocycles. The van der Waals surface area contributed by atoms with E-state index in [0.717, 1.165) is 29.8 Å². The Labute approximate surface area is 141 Å². The molecule has 2 N–H and O–H groups in total. The Bertz CT molecular complexity index is 736. The molecule has 0 fully saturated rings. The van der Waals surface area contributed by atoms with Crippen LogP contribution in [0.25, 0.3) is 5.69 Å². The van der Waals surface area contributed by atoms with E-state index in [4.69, 9.17) is 0 Å². The number of fused-ring (bicyclic) bond motifs is 1. The Morgan fingerprint density at radius 2 is 2.08 bits per heavy atom. The fourth-order valence-corrected chi connectivity index (χ4v) is 3.35. The molecule has 128 valence electrons. The molecule has 2 amide bonds. The van der Waals surface area contributed by atoms with Crippen LogP contribution in [0, 0.1) is 11.2 Å². The molecular weight excluding hydrogens is 307 g/mol. The largest absolute Gasteiger partial charge is 0.338 e. The van der Waals surface area contributed by atoms with E-state index in [1.165, 1.54) is 12.1 Å². The average molecular weight is 330 g/mol. The molecule has 0 spiro atoms. The number of carbonyl (C=O) groups is 1. The van der Waals surface area contributed by atoms with Crippen molar-refractivity contribution in [3.05, 3.63) is 47.5 Å². The zero-order valence-electron chi connectivity index (χ0n) is 14.3. The summed E-state index contributed by atoms with van der Waals surface area (Å²) in [5.41, 5.74) is 2.96. The van der Waals surface area contributed by atoms with Gasteiger partial charge < -0.3 is 10.6 Å². The van der Waals surface area contributed by atoms with Gasteiger partial charge in [0.1, 0.15) is 5.82 Å². The monoisotopic (exact) mass is 330 g/mol. The van der Waals surface area contributed by atoms with Crippen molar-refractivity contribution < 1.29 is 9.18 Å². The Kier molecular flexibility index (Phi) is 4.30. The molecule has 0 saturated carbocycles. The van der Waals surface area contributed by atoms with Gasteiger partial charge in [-0.3, -0.25) is 0 Å². The number of hydrogen-bond donors (Lipinski definition) is 2. The number of halogens is 1. The number of benzene rings is 1. The molecule has 24 heavy (non-hydrogen) atoms. The second-order valence-electron chi connectivity index (χ2n) is 7.04. The van der Waals surface area contributed by atoms with Gasteiger partial charge in [-0.05, 0) is 49.4 Å². The molecule has 1 unspecified atom stereocenters. The van der Waals surface area contributed by atoms with Crippen molar-refractivity contribution in [2.45, 2.75) is 39.7 Å². The first kappa shape index (κ1) is 16.5. The van der Waals surface area contributed by atoms with Crippen molar-refractivity contribution in [3.63, 3.8) is 0 Å². The number of urea groups is 1. The Balaban J connectivity index is 1.96. The maximum Gasteiger partial charge on any atom is 0.315 e. The molecule has 1 heterocycles. The fourth-order valence-electron chi connectivity index (χ4n) is 3.35. The van der Waals surface area contributed by atoms with E-state index in [-0.39, 0.29) is 23.3 Å². The van der Waals surface area contributed by atoms with Crippen LogP contribution in [-0.4, -0.2) is 22.4 Å². The lowest BCUT2D eigenvalue weighted by molar-refractivity contribution is 0.221. The minimum atomic E-state index is -0.268. The predicted octanol–water partition coefficient (Wildman–Crippen LogP) is 3.34. The summed E-state index contributed by atoms with van der Waals surface area (Å²) in [6.45, 7) is 6.85. The smallest absolute Gasteiger partial charge is 0.315 e. The van der Waals surface area contributed by atoms with Gasteiger partial charge >= 0.3 is 6.03 Å². The van der Waals surface area contributed by atoms with Crippen LogP contribution in [-0.2, 0) is 6.42 Å². The van der Waals surface area contributed by atoms with Gasteiger partial charge in [-0.25, -0.2) is 13.9 Å². The summed E-state index contributed by atoms with van der Waals surface area (Å²) in [6.07, 6.45) is 3.52. The first-order valence-corrected chi connectivity index (χ1v) is 8.27. The van der Waals surface area contributed by atoms with Crippen LogP contribution in [0.2, 0.25) is 0 Å². The van der Waals surface area contributed by atoms with Gasteiger partial charge in [0.25, 0.3) is 0 Å². The van der Waals surface area contributed by atoms with Gasteiger partial charge in [0.2, 0.25) is 0 Å². The van der Waals surface area contributed by atoms with Gasteiger partial charge in [0.15, 0.2) is 0 Å². The van der Waals surface area contributed by atoms with Crippen molar-refractivity contribution >= 4 is 6.03 Å². The molecule has 3 rings (SSSR count). The van der Waals surface area contributed by atoms with Crippen molar-refractivity contribution in [1.29, 1.82) is 0 Å². The molecule has 1 aliphatic rings. The SMILES string of the molecule is CCNC(=O)NC1CC(C)(C)Cc2c1cnn2-c1ccc(F)cc1. The maximum absolute atomic E-state index is 13.2. The Morgan fingerprint density at radius 3 is 2.75 bits per heavy atom. The van der Waals surface area contributed by atoms with E-state index in [1.807, 2.05) is 17.8 Å². The lowest BCUT2D eigenvalue weighted by atomic mass is 9.74. The van der Waals surface area contributed by atoms with Gasteiger partial charge in [-0.2, -0.15) is 5.10 Å². The summed E-state index contributed by atoms with van der Waals surface area (Å²) in [4.78, 5) is 12.0. The van der Waals surface area contributed by atoms with Crippen LogP contribution in [0.1, 0.15) is 44.5 Å². The highest BCUT2D eigenvalue weighted by Crippen LogP contribution is 2.41. The van der Waals surface area contributed by atoms with Crippen LogP contribution >= 0.6 is 0 Å². The first-order valence-electron chi connectivity index (χ1n) is 8.27. The molecule has 5 nitrogen and oxygen atoms in total. The normalized spacial score (nSPS) is 18.8. The molecule has 1 aromatic carbocycles. The van der Waals surface area contributed by atoms with Crippen LogP contribution in [0.5, 0.6) is 0 Å². The molecule has 1 aromatic heterocycles. The molecule has 2 aromatic rings. The van der Waals surface area contributed by atoms with Crippen molar-refractivity contribution in [2.24, 2.45) is 5.41 Å². The Morgan fingerprint density at radius 1 is 1.38 bits per heavy atom. The number of carbonyl (C=O) groups excluding carboxylic acids is 1. The highest BCUT2D eigenvalue weighted by atomic mass is 19.1. The van der Waals surface area contributed by atoms with E-state index >= 15 is 0 Å². The van der Waals surface area contributed by atoms with Crippen molar-refractivity contribution in [3.8, 4) is 5.69 Å². The van der Waals surface area contributed by atoms with Crippen LogP contribution in [0.15, 0.2) is 30.5 Å². The van der Waals surface area contributed by atoms with Gasteiger partial charge in [-0.1, -0.05) is 13.8 Å². The molecule has 1 atom stereocenters. The summed E-state index contributed by atoms with van der Waals surface area (Å²) in [7, 11) is 0.